The quantitative estimate of drug-likeness (QED) is 0.402. The van der Waals surface area contributed by atoms with Crippen molar-refractivity contribution in [3.63, 3.8) is 0 Å². The van der Waals surface area contributed by atoms with Crippen LogP contribution >= 0.6 is 0 Å². The molecule has 2 heterocycles. The van der Waals surface area contributed by atoms with E-state index in [0.29, 0.717) is 17.0 Å². The fourth-order valence-corrected chi connectivity index (χ4v) is 3.99. The number of nitrogens with zero attached hydrogens (tertiary/aromatic N) is 3. The molecule has 0 unspecified atom stereocenters. The van der Waals surface area contributed by atoms with Gasteiger partial charge in [-0.3, -0.25) is 9.59 Å². The highest BCUT2D eigenvalue weighted by molar-refractivity contribution is 6.19. The molecule has 4 rings (SSSR count). The summed E-state index contributed by atoms with van der Waals surface area (Å²) < 4.78 is 43.3. The van der Waals surface area contributed by atoms with E-state index in [2.05, 4.69) is 25.9 Å². The number of hydrogen-bond donors (Lipinski definition) is 3. The van der Waals surface area contributed by atoms with Gasteiger partial charge in [-0.2, -0.15) is 13.8 Å². The number of carbonyl (C=O) groups excluding carboxylic acids is 2. The van der Waals surface area contributed by atoms with E-state index in [-0.39, 0.29) is 13.1 Å². The number of anilines is 3. The lowest BCUT2D eigenvalue weighted by Gasteiger charge is -2.23. The van der Waals surface area contributed by atoms with Crippen LogP contribution in [0.4, 0.5) is 30.4 Å². The minimum absolute atomic E-state index is 0.231. The highest BCUT2D eigenvalue weighted by Gasteiger charge is 2.28. The molecule has 0 spiro atoms. The van der Waals surface area contributed by atoms with Crippen molar-refractivity contribution in [2.24, 2.45) is 4.99 Å². The van der Waals surface area contributed by atoms with Crippen molar-refractivity contribution < 1.29 is 22.8 Å². The molecular formula is C26H25F3N6O2. The molecule has 0 radical (unpaired) electrons. The number of aliphatic imine (C=N–C) groups is 1. The average Bonchev–Trinajstić information content (AvgIpc) is 3.04. The van der Waals surface area contributed by atoms with E-state index in [1.165, 1.54) is 4.90 Å². The molecule has 0 bridgehead atoms. The first kappa shape index (κ1) is 25.7. The molecule has 2 amide bonds. The maximum Gasteiger partial charge on any atom is 0.269 e. The highest BCUT2D eigenvalue weighted by Crippen LogP contribution is 2.29. The van der Waals surface area contributed by atoms with Crippen LogP contribution in [0, 0.1) is 17.6 Å². The molecule has 11 heteroatoms. The zero-order valence-corrected chi connectivity index (χ0v) is 20.2. The fraction of sp³-hybridized carbons (Fsp3) is 0.231. The molecule has 0 saturated carbocycles. The summed E-state index contributed by atoms with van der Waals surface area (Å²) in [6.45, 7) is 3.23. The van der Waals surface area contributed by atoms with Gasteiger partial charge in [-0.15, -0.1) is 0 Å². The number of para-hydroxylation sites is 1. The average molecular weight is 511 g/mol. The second-order valence-corrected chi connectivity index (χ2v) is 8.10. The minimum atomic E-state index is -1.50. The van der Waals surface area contributed by atoms with Gasteiger partial charge in [0, 0.05) is 24.2 Å². The Kier molecular flexibility index (Phi) is 7.71. The molecule has 192 valence electrons. The summed E-state index contributed by atoms with van der Waals surface area (Å²) in [6, 6.07) is 16.3. The number of rotatable bonds is 8. The molecule has 8 nitrogen and oxygen atoms in total. The van der Waals surface area contributed by atoms with E-state index in [0.717, 1.165) is 5.56 Å². The number of nitrogens with one attached hydrogen (secondary N) is 3. The number of amides is 2. The fourth-order valence-electron chi connectivity index (χ4n) is 3.99. The van der Waals surface area contributed by atoms with E-state index in [9.17, 15) is 22.8 Å². The molecule has 1 aromatic heterocycles. The molecule has 37 heavy (non-hydrogen) atoms. The smallest absolute Gasteiger partial charge is 0.269 e. The number of fused-ring (bicyclic) bond motifs is 1. The van der Waals surface area contributed by atoms with Gasteiger partial charge in [-0.25, -0.2) is 9.38 Å². The SMILES string of the molecule is CCN(CC)c1c(F)c(F)nc(NCC(=O)N[C@H]2N=C(c3ccccc3)c3ccccc3NC2=O)c1F. The normalized spacial score (nSPS) is 14.7. The van der Waals surface area contributed by atoms with Crippen LogP contribution < -0.4 is 20.9 Å². The highest BCUT2D eigenvalue weighted by atomic mass is 19.2. The molecule has 1 aliphatic rings. The molecule has 0 aliphatic carbocycles. The van der Waals surface area contributed by atoms with Crippen LogP contribution in [0.15, 0.2) is 59.6 Å². The Morgan fingerprint density at radius 2 is 1.68 bits per heavy atom. The summed E-state index contributed by atoms with van der Waals surface area (Å²) in [4.78, 5) is 34.6. The van der Waals surface area contributed by atoms with Gasteiger partial charge in [0.2, 0.25) is 17.9 Å². The Bertz CT molecular complexity index is 1350. The van der Waals surface area contributed by atoms with E-state index < -0.39 is 53.6 Å². The van der Waals surface area contributed by atoms with E-state index in [1.807, 2.05) is 36.4 Å². The molecule has 1 atom stereocenters. The van der Waals surface area contributed by atoms with Crippen LogP contribution in [0.2, 0.25) is 0 Å². The Balaban J connectivity index is 1.56. The number of pyridine rings is 1. The van der Waals surface area contributed by atoms with Gasteiger partial charge in [0.15, 0.2) is 11.6 Å². The number of benzene rings is 2. The van der Waals surface area contributed by atoms with Gasteiger partial charge in [0.25, 0.3) is 11.9 Å². The molecule has 3 N–H and O–H groups in total. The Morgan fingerprint density at radius 1 is 1.00 bits per heavy atom. The maximum atomic E-state index is 15.0. The topological polar surface area (TPSA) is 98.7 Å². The number of aromatic nitrogens is 1. The van der Waals surface area contributed by atoms with Crippen molar-refractivity contribution in [1.29, 1.82) is 0 Å². The van der Waals surface area contributed by atoms with Crippen molar-refractivity contribution in [2.75, 3.05) is 35.2 Å². The maximum absolute atomic E-state index is 15.0. The van der Waals surface area contributed by atoms with Crippen molar-refractivity contribution >= 4 is 34.7 Å². The van der Waals surface area contributed by atoms with E-state index >= 15 is 0 Å². The van der Waals surface area contributed by atoms with Gasteiger partial charge in [0.05, 0.1) is 17.9 Å². The van der Waals surface area contributed by atoms with Crippen molar-refractivity contribution in [2.45, 2.75) is 20.0 Å². The minimum Gasteiger partial charge on any atom is -0.367 e. The first-order chi connectivity index (χ1) is 17.8. The van der Waals surface area contributed by atoms with Crippen LogP contribution in [-0.4, -0.2) is 48.3 Å². The lowest BCUT2D eigenvalue weighted by atomic mass is 10.0. The lowest BCUT2D eigenvalue weighted by Crippen LogP contribution is -2.44. The third-order valence-corrected chi connectivity index (χ3v) is 5.80. The van der Waals surface area contributed by atoms with Crippen LogP contribution in [0.3, 0.4) is 0 Å². The first-order valence-corrected chi connectivity index (χ1v) is 11.7. The molecule has 0 saturated heterocycles. The lowest BCUT2D eigenvalue weighted by molar-refractivity contribution is -0.125. The summed E-state index contributed by atoms with van der Waals surface area (Å²) in [5.41, 5.74) is 1.86. The standard InChI is InChI=1S/C26H25F3N6O2/c1-3-35(4-2)22-19(27)23(29)34-24(20(22)28)30-14-18(36)32-25-26(37)31-17-13-9-8-12-16(17)21(33-25)15-10-6-5-7-11-15/h5-13,25H,3-4,14H2,1-2H3,(H,30,34)(H,31,37)(H,32,36)/t25-/m0/s1. The monoisotopic (exact) mass is 510 g/mol. The van der Waals surface area contributed by atoms with Crippen molar-refractivity contribution in [3.8, 4) is 0 Å². The molecular weight excluding hydrogens is 485 g/mol. The van der Waals surface area contributed by atoms with Gasteiger partial charge < -0.3 is 20.9 Å². The predicted molar refractivity (Wildman–Crippen MR) is 135 cm³/mol. The summed E-state index contributed by atoms with van der Waals surface area (Å²) in [7, 11) is 0. The number of benzodiazepines with no additional fused rings is 1. The Labute approximate surface area is 211 Å². The summed E-state index contributed by atoms with van der Waals surface area (Å²) in [6.07, 6.45) is -1.30. The van der Waals surface area contributed by atoms with Crippen LogP contribution in [0.1, 0.15) is 25.0 Å². The third kappa shape index (κ3) is 5.40. The first-order valence-electron chi connectivity index (χ1n) is 11.7. The van der Waals surface area contributed by atoms with Crippen LogP contribution in [0.5, 0.6) is 0 Å². The van der Waals surface area contributed by atoms with E-state index in [1.54, 1.807) is 32.0 Å². The zero-order valence-electron chi connectivity index (χ0n) is 20.2. The third-order valence-electron chi connectivity index (χ3n) is 5.80. The van der Waals surface area contributed by atoms with Crippen LogP contribution in [0.25, 0.3) is 0 Å². The second kappa shape index (κ2) is 11.1. The van der Waals surface area contributed by atoms with Gasteiger partial charge in [-0.05, 0) is 19.9 Å². The Hall–Kier alpha value is -4.41. The second-order valence-electron chi connectivity index (χ2n) is 8.10. The summed E-state index contributed by atoms with van der Waals surface area (Å²) >= 11 is 0. The van der Waals surface area contributed by atoms with Crippen molar-refractivity contribution in [3.05, 3.63) is 83.3 Å². The van der Waals surface area contributed by atoms with E-state index in [4.69, 9.17) is 0 Å². The number of hydrogen-bond acceptors (Lipinski definition) is 6. The molecule has 2 aromatic carbocycles. The predicted octanol–water partition coefficient (Wildman–Crippen LogP) is 3.69. The largest absolute Gasteiger partial charge is 0.367 e. The molecule has 3 aromatic rings. The van der Waals surface area contributed by atoms with Gasteiger partial charge in [0.1, 0.15) is 5.69 Å². The summed E-state index contributed by atoms with van der Waals surface area (Å²) in [5.74, 6) is -5.97. The van der Waals surface area contributed by atoms with Crippen LogP contribution in [-0.2, 0) is 9.59 Å². The Morgan fingerprint density at radius 3 is 2.38 bits per heavy atom. The zero-order chi connectivity index (χ0) is 26.5. The molecule has 0 fully saturated rings. The number of halogens is 3. The van der Waals surface area contributed by atoms with Gasteiger partial charge >= 0.3 is 0 Å². The number of carbonyl (C=O) groups is 2. The van der Waals surface area contributed by atoms with Gasteiger partial charge in [-0.1, -0.05) is 48.5 Å². The summed E-state index contributed by atoms with van der Waals surface area (Å²) in [5, 5.41) is 7.63. The van der Waals surface area contributed by atoms with Crippen molar-refractivity contribution in [1.82, 2.24) is 10.3 Å². The molecule has 1 aliphatic heterocycles.